The molecule has 0 radical (unpaired) electrons. The third-order valence-corrected chi connectivity index (χ3v) is 3.44. The molecule has 0 spiro atoms. The second-order valence-electron chi connectivity index (χ2n) is 5.40. The zero-order chi connectivity index (χ0) is 15.6. The van der Waals surface area contributed by atoms with Crippen LogP contribution in [0.2, 0.25) is 0 Å². The van der Waals surface area contributed by atoms with E-state index in [2.05, 4.69) is 22.6 Å². The molecule has 1 aliphatic rings. The van der Waals surface area contributed by atoms with Crippen molar-refractivity contribution in [3.63, 3.8) is 0 Å². The predicted molar refractivity (Wildman–Crippen MR) is 85.1 cm³/mol. The second kappa shape index (κ2) is 9.40. The van der Waals surface area contributed by atoms with Gasteiger partial charge in [-0.1, -0.05) is 18.2 Å². The highest BCUT2D eigenvalue weighted by molar-refractivity contribution is 5.77. The summed E-state index contributed by atoms with van der Waals surface area (Å²) in [7, 11) is 2.08. The molecule has 0 aliphatic carbocycles. The minimum atomic E-state index is -0.0270. The quantitative estimate of drug-likeness (QED) is 0.667. The van der Waals surface area contributed by atoms with Gasteiger partial charge in [0.25, 0.3) is 0 Å². The number of nitrogens with one attached hydrogen (secondary N) is 2. The normalized spacial score (nSPS) is 18.9. The largest absolute Gasteiger partial charge is 0.492 e. The van der Waals surface area contributed by atoms with E-state index >= 15 is 0 Å². The van der Waals surface area contributed by atoms with E-state index in [1.807, 2.05) is 30.3 Å². The maximum atomic E-state index is 11.7. The summed E-state index contributed by atoms with van der Waals surface area (Å²) in [4.78, 5) is 13.9. The Bertz CT molecular complexity index is 442. The van der Waals surface area contributed by atoms with Gasteiger partial charge in [-0.3, -0.25) is 4.79 Å². The van der Waals surface area contributed by atoms with Crippen molar-refractivity contribution < 1.29 is 14.3 Å². The lowest BCUT2D eigenvalue weighted by Gasteiger charge is -2.30. The van der Waals surface area contributed by atoms with Gasteiger partial charge in [-0.2, -0.15) is 0 Å². The van der Waals surface area contributed by atoms with Crippen LogP contribution in [0.4, 0.5) is 0 Å². The molecule has 6 nitrogen and oxygen atoms in total. The molecule has 1 aromatic rings. The van der Waals surface area contributed by atoms with Crippen LogP contribution >= 0.6 is 0 Å². The zero-order valence-electron chi connectivity index (χ0n) is 13.1. The number of hydrogen-bond donors (Lipinski definition) is 2. The second-order valence-corrected chi connectivity index (χ2v) is 5.40. The Morgan fingerprint density at radius 2 is 2.23 bits per heavy atom. The fourth-order valence-corrected chi connectivity index (χ4v) is 2.28. The molecule has 122 valence electrons. The van der Waals surface area contributed by atoms with Crippen molar-refractivity contribution in [1.82, 2.24) is 15.5 Å². The Labute approximate surface area is 131 Å². The Morgan fingerprint density at radius 1 is 1.41 bits per heavy atom. The molecule has 0 bridgehead atoms. The number of carbonyl (C=O) groups excluding carboxylic acids is 1. The molecule has 2 rings (SSSR count). The first-order chi connectivity index (χ1) is 10.7. The van der Waals surface area contributed by atoms with Gasteiger partial charge in [0.2, 0.25) is 5.91 Å². The van der Waals surface area contributed by atoms with E-state index in [9.17, 15) is 4.79 Å². The van der Waals surface area contributed by atoms with Crippen LogP contribution in [-0.4, -0.2) is 69.9 Å². The lowest BCUT2D eigenvalue weighted by atomic mass is 10.3. The highest BCUT2D eigenvalue weighted by Gasteiger charge is 2.17. The molecule has 1 saturated heterocycles. The molecule has 6 heteroatoms. The van der Waals surface area contributed by atoms with Crippen molar-refractivity contribution in [3.05, 3.63) is 30.3 Å². The molecule has 0 unspecified atom stereocenters. The smallest absolute Gasteiger partial charge is 0.234 e. The molecule has 1 aliphatic heterocycles. The minimum Gasteiger partial charge on any atom is -0.492 e. The third kappa shape index (κ3) is 6.43. The number of amides is 1. The summed E-state index contributed by atoms with van der Waals surface area (Å²) in [5.74, 6) is 0.786. The van der Waals surface area contributed by atoms with Crippen LogP contribution in [0, 0.1) is 0 Å². The highest BCUT2D eigenvalue weighted by Crippen LogP contribution is 2.07. The van der Waals surface area contributed by atoms with Crippen LogP contribution in [0.25, 0.3) is 0 Å². The van der Waals surface area contributed by atoms with Gasteiger partial charge in [-0.05, 0) is 19.2 Å². The number of nitrogens with zero attached hydrogens (tertiary/aromatic N) is 1. The van der Waals surface area contributed by atoms with Crippen LogP contribution in [0.15, 0.2) is 30.3 Å². The number of rotatable bonds is 8. The van der Waals surface area contributed by atoms with Crippen molar-refractivity contribution in [2.75, 3.05) is 53.0 Å². The highest BCUT2D eigenvalue weighted by atomic mass is 16.5. The first kappa shape index (κ1) is 16.7. The lowest BCUT2D eigenvalue weighted by Crippen LogP contribution is -2.46. The Morgan fingerprint density at radius 3 is 3.00 bits per heavy atom. The number of para-hydroxylation sites is 1. The van der Waals surface area contributed by atoms with E-state index in [0.717, 1.165) is 25.4 Å². The standard InChI is InChI=1S/C16H25N3O3/c1-19-8-10-22-15(13-19)11-17-12-16(20)18-7-9-21-14-5-3-2-4-6-14/h2-6,15,17H,7-13H2,1H3,(H,18,20)/t15-/m1/s1. The summed E-state index contributed by atoms with van der Waals surface area (Å²) >= 11 is 0. The number of ether oxygens (including phenoxy) is 2. The summed E-state index contributed by atoms with van der Waals surface area (Å²) in [6.45, 7) is 4.58. The fourth-order valence-electron chi connectivity index (χ4n) is 2.28. The van der Waals surface area contributed by atoms with Crippen LogP contribution in [0.3, 0.4) is 0 Å². The summed E-state index contributed by atoms with van der Waals surface area (Å²) < 4.78 is 11.1. The number of morpholine rings is 1. The topological polar surface area (TPSA) is 62.8 Å². The maximum Gasteiger partial charge on any atom is 0.234 e. The van der Waals surface area contributed by atoms with E-state index in [1.165, 1.54) is 0 Å². The van der Waals surface area contributed by atoms with Crippen molar-refractivity contribution in [2.45, 2.75) is 6.10 Å². The van der Waals surface area contributed by atoms with Crippen LogP contribution < -0.4 is 15.4 Å². The number of hydrogen-bond acceptors (Lipinski definition) is 5. The van der Waals surface area contributed by atoms with Crippen molar-refractivity contribution in [2.24, 2.45) is 0 Å². The molecule has 1 amide bonds. The van der Waals surface area contributed by atoms with Crippen molar-refractivity contribution in [1.29, 1.82) is 0 Å². The lowest BCUT2D eigenvalue weighted by molar-refractivity contribution is -0.120. The number of benzene rings is 1. The van der Waals surface area contributed by atoms with E-state index < -0.39 is 0 Å². The molecule has 22 heavy (non-hydrogen) atoms. The monoisotopic (exact) mass is 307 g/mol. The Balaban J connectivity index is 1.49. The molecule has 0 saturated carbocycles. The summed E-state index contributed by atoms with van der Waals surface area (Å²) in [5, 5.41) is 5.95. The molecular weight excluding hydrogens is 282 g/mol. The van der Waals surface area contributed by atoms with Gasteiger partial charge in [0.05, 0.1) is 25.8 Å². The zero-order valence-corrected chi connectivity index (χ0v) is 13.1. The molecule has 2 N–H and O–H groups in total. The van der Waals surface area contributed by atoms with Crippen LogP contribution in [0.5, 0.6) is 5.75 Å². The van der Waals surface area contributed by atoms with Crippen LogP contribution in [0.1, 0.15) is 0 Å². The molecule has 1 fully saturated rings. The Kier molecular flexibility index (Phi) is 7.15. The van der Waals surface area contributed by atoms with Gasteiger partial charge in [-0.25, -0.2) is 0 Å². The molecule has 1 heterocycles. The van der Waals surface area contributed by atoms with Crippen molar-refractivity contribution in [3.8, 4) is 5.75 Å². The van der Waals surface area contributed by atoms with Gasteiger partial charge in [0.15, 0.2) is 0 Å². The SMILES string of the molecule is CN1CCO[C@H](CNCC(=O)NCCOc2ccccc2)C1. The Hall–Kier alpha value is -1.63. The molecule has 1 atom stereocenters. The van der Waals surface area contributed by atoms with Gasteiger partial charge in [-0.15, -0.1) is 0 Å². The van der Waals surface area contributed by atoms with Gasteiger partial charge >= 0.3 is 0 Å². The van der Waals surface area contributed by atoms with Crippen molar-refractivity contribution >= 4 is 5.91 Å². The maximum absolute atomic E-state index is 11.7. The molecular formula is C16H25N3O3. The summed E-state index contributed by atoms with van der Waals surface area (Å²) in [6, 6.07) is 9.56. The van der Waals surface area contributed by atoms with E-state index in [4.69, 9.17) is 9.47 Å². The van der Waals surface area contributed by atoms with Gasteiger partial charge in [0.1, 0.15) is 12.4 Å². The van der Waals surface area contributed by atoms with Gasteiger partial charge < -0.3 is 25.0 Å². The fraction of sp³-hybridized carbons (Fsp3) is 0.562. The number of likely N-dealkylation sites (N-methyl/N-ethyl adjacent to an activating group) is 1. The number of carbonyl (C=O) groups is 1. The van der Waals surface area contributed by atoms with E-state index in [-0.39, 0.29) is 12.0 Å². The third-order valence-electron chi connectivity index (χ3n) is 3.44. The van der Waals surface area contributed by atoms with E-state index in [1.54, 1.807) is 0 Å². The van der Waals surface area contributed by atoms with Crippen LogP contribution in [-0.2, 0) is 9.53 Å². The average molecular weight is 307 g/mol. The summed E-state index contributed by atoms with van der Waals surface area (Å²) in [5.41, 5.74) is 0. The van der Waals surface area contributed by atoms with E-state index in [0.29, 0.717) is 26.2 Å². The predicted octanol–water partition coefficient (Wildman–Crippen LogP) is 0.102. The summed E-state index contributed by atoms with van der Waals surface area (Å²) in [6.07, 6.45) is 0.160. The first-order valence-corrected chi connectivity index (χ1v) is 7.69. The molecule has 0 aromatic heterocycles. The average Bonchev–Trinajstić information content (AvgIpc) is 2.53. The van der Waals surface area contributed by atoms with Gasteiger partial charge in [0, 0.05) is 19.6 Å². The molecule has 1 aromatic carbocycles. The first-order valence-electron chi connectivity index (χ1n) is 7.69. The minimum absolute atomic E-state index is 0.0270.